The third-order valence-corrected chi connectivity index (χ3v) is 4.71. The van der Waals surface area contributed by atoms with Gasteiger partial charge in [-0.3, -0.25) is 4.90 Å². The highest BCUT2D eigenvalue weighted by Crippen LogP contribution is 2.36. The van der Waals surface area contributed by atoms with Crippen LogP contribution < -0.4 is 15.4 Å². The molecule has 6 nitrogen and oxygen atoms in total. The van der Waals surface area contributed by atoms with E-state index in [0.29, 0.717) is 24.6 Å². The maximum absolute atomic E-state index is 6.01. The third-order valence-electron chi connectivity index (χ3n) is 4.71. The molecule has 0 aromatic carbocycles. The average molecular weight is 320 g/mol. The van der Waals surface area contributed by atoms with Gasteiger partial charge in [0.1, 0.15) is 18.3 Å². The standard InChI is InChI=1S/C17H28N4O2/c1-17(2,3)23-11-21-12-5-6-13(21)10-20(9-12)14-8-19-16(18)7-15(14)22-4/h7-8,12-13H,5-6,9-11H2,1-4H3,(H2,18,19). The van der Waals surface area contributed by atoms with Gasteiger partial charge in [-0.2, -0.15) is 0 Å². The molecule has 2 aliphatic rings. The lowest BCUT2D eigenvalue weighted by Gasteiger charge is -2.42. The number of piperazine rings is 1. The number of nitrogens with two attached hydrogens (primary N) is 1. The molecule has 1 aromatic heterocycles. The summed E-state index contributed by atoms with van der Waals surface area (Å²) in [6, 6.07) is 2.85. The molecule has 2 N–H and O–H groups in total. The Balaban J connectivity index is 1.71. The predicted molar refractivity (Wildman–Crippen MR) is 91.8 cm³/mol. The Morgan fingerprint density at radius 3 is 2.48 bits per heavy atom. The Kier molecular flexibility index (Phi) is 4.38. The molecular weight excluding hydrogens is 292 g/mol. The lowest BCUT2D eigenvalue weighted by molar-refractivity contribution is -0.0809. The topological polar surface area (TPSA) is 63.9 Å². The first-order chi connectivity index (χ1) is 10.9. The van der Waals surface area contributed by atoms with Gasteiger partial charge in [0.25, 0.3) is 0 Å². The van der Waals surface area contributed by atoms with E-state index in [2.05, 4.69) is 35.6 Å². The van der Waals surface area contributed by atoms with Gasteiger partial charge in [0.15, 0.2) is 0 Å². The van der Waals surface area contributed by atoms with E-state index in [1.54, 1.807) is 13.2 Å². The van der Waals surface area contributed by atoms with Crippen LogP contribution in [0.1, 0.15) is 33.6 Å². The minimum Gasteiger partial charge on any atom is -0.494 e. The highest BCUT2D eigenvalue weighted by atomic mass is 16.5. The van der Waals surface area contributed by atoms with Crippen LogP contribution in [0.5, 0.6) is 5.75 Å². The van der Waals surface area contributed by atoms with Crippen molar-refractivity contribution in [1.82, 2.24) is 9.88 Å². The summed E-state index contributed by atoms with van der Waals surface area (Å²) >= 11 is 0. The quantitative estimate of drug-likeness (QED) is 0.916. The first kappa shape index (κ1) is 16.3. The third kappa shape index (κ3) is 3.53. The number of hydrogen-bond acceptors (Lipinski definition) is 6. The van der Waals surface area contributed by atoms with Gasteiger partial charge in [0.05, 0.1) is 24.6 Å². The van der Waals surface area contributed by atoms with E-state index in [1.807, 2.05) is 6.20 Å². The Hall–Kier alpha value is -1.53. The zero-order valence-corrected chi connectivity index (χ0v) is 14.6. The minimum absolute atomic E-state index is 0.0966. The fourth-order valence-corrected chi connectivity index (χ4v) is 3.51. The molecule has 2 saturated heterocycles. The second-order valence-corrected chi connectivity index (χ2v) is 7.47. The van der Waals surface area contributed by atoms with Crippen molar-refractivity contribution in [2.24, 2.45) is 0 Å². The molecule has 0 spiro atoms. The molecular formula is C17H28N4O2. The summed E-state index contributed by atoms with van der Waals surface area (Å²) < 4.78 is 11.5. The Bertz CT molecular complexity index is 544. The number of nitrogens with zero attached hydrogens (tertiary/aromatic N) is 3. The van der Waals surface area contributed by atoms with Crippen LogP contribution in [0.15, 0.2) is 12.3 Å². The molecule has 2 unspecified atom stereocenters. The second-order valence-electron chi connectivity index (χ2n) is 7.47. The molecule has 3 heterocycles. The van der Waals surface area contributed by atoms with E-state index in [1.165, 1.54) is 12.8 Å². The van der Waals surface area contributed by atoms with Crippen molar-refractivity contribution in [3.8, 4) is 5.75 Å². The van der Waals surface area contributed by atoms with Gasteiger partial charge in [-0.05, 0) is 33.6 Å². The van der Waals surface area contributed by atoms with E-state index in [9.17, 15) is 0 Å². The summed E-state index contributed by atoms with van der Waals surface area (Å²) in [7, 11) is 1.68. The molecule has 2 fully saturated rings. The highest BCUT2D eigenvalue weighted by Gasteiger charge is 2.41. The molecule has 0 radical (unpaired) electrons. The molecule has 23 heavy (non-hydrogen) atoms. The maximum atomic E-state index is 6.01. The van der Waals surface area contributed by atoms with E-state index >= 15 is 0 Å². The maximum Gasteiger partial charge on any atom is 0.147 e. The van der Waals surface area contributed by atoms with E-state index in [4.69, 9.17) is 15.2 Å². The lowest BCUT2D eigenvalue weighted by atomic mass is 10.1. The van der Waals surface area contributed by atoms with Crippen LogP contribution in [0.3, 0.4) is 0 Å². The average Bonchev–Trinajstić information content (AvgIpc) is 2.72. The Labute approximate surface area is 138 Å². The van der Waals surface area contributed by atoms with Gasteiger partial charge in [-0.1, -0.05) is 0 Å². The van der Waals surface area contributed by atoms with Gasteiger partial charge in [-0.25, -0.2) is 4.98 Å². The van der Waals surface area contributed by atoms with Gasteiger partial charge in [0.2, 0.25) is 0 Å². The molecule has 2 aliphatic heterocycles. The molecule has 3 rings (SSSR count). The van der Waals surface area contributed by atoms with Crippen LogP contribution in [0.25, 0.3) is 0 Å². The van der Waals surface area contributed by atoms with E-state index < -0.39 is 0 Å². The van der Waals surface area contributed by atoms with Crippen LogP contribution in [0.4, 0.5) is 11.5 Å². The largest absolute Gasteiger partial charge is 0.494 e. The predicted octanol–water partition coefficient (Wildman–Crippen LogP) is 2.10. The van der Waals surface area contributed by atoms with Crippen molar-refractivity contribution < 1.29 is 9.47 Å². The second kappa shape index (κ2) is 6.17. The smallest absolute Gasteiger partial charge is 0.147 e. The summed E-state index contributed by atoms with van der Waals surface area (Å²) in [6.45, 7) is 8.99. The van der Waals surface area contributed by atoms with E-state index in [0.717, 1.165) is 24.5 Å². The zero-order valence-electron chi connectivity index (χ0n) is 14.6. The fraction of sp³-hybridized carbons (Fsp3) is 0.706. The summed E-state index contributed by atoms with van der Waals surface area (Å²) in [5, 5.41) is 0. The van der Waals surface area contributed by atoms with Crippen LogP contribution in [0, 0.1) is 0 Å². The van der Waals surface area contributed by atoms with Gasteiger partial charge < -0.3 is 20.1 Å². The molecule has 2 atom stereocenters. The fourth-order valence-electron chi connectivity index (χ4n) is 3.51. The number of rotatable bonds is 4. The van der Waals surface area contributed by atoms with Crippen LogP contribution >= 0.6 is 0 Å². The molecule has 0 amide bonds. The molecule has 0 saturated carbocycles. The lowest BCUT2D eigenvalue weighted by Crippen LogP contribution is -2.55. The minimum atomic E-state index is -0.0966. The number of pyridine rings is 1. The van der Waals surface area contributed by atoms with Crippen LogP contribution in [-0.2, 0) is 4.74 Å². The highest BCUT2D eigenvalue weighted by molar-refractivity contribution is 5.61. The molecule has 1 aromatic rings. The Morgan fingerprint density at radius 1 is 1.26 bits per heavy atom. The Morgan fingerprint density at radius 2 is 1.91 bits per heavy atom. The first-order valence-corrected chi connectivity index (χ1v) is 8.31. The van der Waals surface area contributed by atoms with Crippen LogP contribution in [-0.4, -0.2) is 54.5 Å². The number of anilines is 2. The van der Waals surface area contributed by atoms with Crippen molar-refractivity contribution in [2.75, 3.05) is 37.6 Å². The number of methoxy groups -OCH3 is 1. The van der Waals surface area contributed by atoms with Gasteiger partial charge >= 0.3 is 0 Å². The molecule has 0 aliphatic carbocycles. The summed E-state index contributed by atoms with van der Waals surface area (Å²) in [5.41, 5.74) is 6.71. The molecule has 128 valence electrons. The monoisotopic (exact) mass is 320 g/mol. The molecule has 2 bridgehead atoms. The summed E-state index contributed by atoms with van der Waals surface area (Å²) in [6.07, 6.45) is 4.27. The number of aromatic nitrogens is 1. The van der Waals surface area contributed by atoms with Crippen LogP contribution in [0.2, 0.25) is 0 Å². The van der Waals surface area contributed by atoms with Crippen molar-refractivity contribution >= 4 is 11.5 Å². The number of nitrogen functional groups attached to an aromatic ring is 1. The van der Waals surface area contributed by atoms with Crippen molar-refractivity contribution in [1.29, 1.82) is 0 Å². The van der Waals surface area contributed by atoms with Crippen molar-refractivity contribution in [3.63, 3.8) is 0 Å². The first-order valence-electron chi connectivity index (χ1n) is 8.31. The normalized spacial score (nSPS) is 25.0. The SMILES string of the molecule is COc1cc(N)ncc1N1CC2CCC(C1)N2COC(C)(C)C. The van der Waals surface area contributed by atoms with Gasteiger partial charge in [-0.15, -0.1) is 0 Å². The van der Waals surface area contributed by atoms with Gasteiger partial charge in [0, 0.05) is 31.2 Å². The zero-order chi connectivity index (χ0) is 16.6. The summed E-state index contributed by atoms with van der Waals surface area (Å²) in [5.74, 6) is 1.29. The summed E-state index contributed by atoms with van der Waals surface area (Å²) in [4.78, 5) is 9.13. The van der Waals surface area contributed by atoms with E-state index in [-0.39, 0.29) is 5.60 Å². The number of ether oxygens (including phenoxy) is 2. The molecule has 6 heteroatoms. The number of fused-ring (bicyclic) bond motifs is 2. The van der Waals surface area contributed by atoms with Crippen molar-refractivity contribution in [3.05, 3.63) is 12.3 Å². The van der Waals surface area contributed by atoms with Crippen molar-refractivity contribution in [2.45, 2.75) is 51.3 Å². The number of hydrogen-bond donors (Lipinski definition) is 1.